The fourth-order valence-corrected chi connectivity index (χ4v) is 2.34. The van der Waals surface area contributed by atoms with Crippen molar-refractivity contribution >= 4 is 6.03 Å². The van der Waals surface area contributed by atoms with Gasteiger partial charge in [0.1, 0.15) is 0 Å². The number of H-pyrrole nitrogens is 1. The van der Waals surface area contributed by atoms with Gasteiger partial charge in [0.2, 0.25) is 0 Å². The summed E-state index contributed by atoms with van der Waals surface area (Å²) in [4.78, 5) is 11.7. The van der Waals surface area contributed by atoms with E-state index >= 15 is 0 Å². The maximum atomic E-state index is 11.7. The van der Waals surface area contributed by atoms with Crippen LogP contribution >= 0.6 is 0 Å². The van der Waals surface area contributed by atoms with Gasteiger partial charge in [-0.3, -0.25) is 5.10 Å². The van der Waals surface area contributed by atoms with E-state index in [9.17, 15) is 9.90 Å². The highest BCUT2D eigenvalue weighted by Gasteiger charge is 2.07. The lowest BCUT2D eigenvalue weighted by molar-refractivity contribution is 0.170. The molecule has 0 bridgehead atoms. The molecule has 1 aromatic carbocycles. The van der Waals surface area contributed by atoms with Crippen LogP contribution in [0.3, 0.4) is 0 Å². The number of aromatic nitrogens is 2. The van der Waals surface area contributed by atoms with Crippen LogP contribution < -0.4 is 10.6 Å². The van der Waals surface area contributed by atoms with E-state index in [4.69, 9.17) is 0 Å². The van der Waals surface area contributed by atoms with Crippen molar-refractivity contribution in [3.8, 4) is 0 Å². The van der Waals surface area contributed by atoms with Gasteiger partial charge < -0.3 is 15.7 Å². The lowest BCUT2D eigenvalue weighted by Gasteiger charge is -2.12. The first-order valence-corrected chi connectivity index (χ1v) is 7.87. The molecular weight excluding hydrogens is 292 g/mol. The number of rotatable bonds is 8. The van der Waals surface area contributed by atoms with Crippen LogP contribution in [0, 0.1) is 6.92 Å². The molecule has 1 unspecified atom stereocenters. The largest absolute Gasteiger partial charge is 0.391 e. The number of aliphatic hydroxyl groups excluding tert-OH is 1. The molecule has 0 aliphatic carbocycles. The second-order valence-corrected chi connectivity index (χ2v) is 5.60. The zero-order valence-corrected chi connectivity index (χ0v) is 13.4. The molecule has 0 aliphatic heterocycles. The molecule has 0 saturated carbocycles. The van der Waals surface area contributed by atoms with Gasteiger partial charge in [-0.2, -0.15) is 5.10 Å². The molecule has 124 valence electrons. The minimum absolute atomic E-state index is 0.238. The van der Waals surface area contributed by atoms with Crippen molar-refractivity contribution in [1.29, 1.82) is 0 Å². The predicted octanol–water partition coefficient (Wildman–Crippen LogP) is 1.55. The number of carbonyl (C=O) groups excluding carboxylic acids is 1. The maximum absolute atomic E-state index is 11.7. The summed E-state index contributed by atoms with van der Waals surface area (Å²) < 4.78 is 0. The second-order valence-electron chi connectivity index (χ2n) is 5.60. The van der Waals surface area contributed by atoms with Crippen LogP contribution in [0.15, 0.2) is 36.5 Å². The molecule has 2 aromatic rings. The zero-order chi connectivity index (χ0) is 16.5. The molecule has 0 radical (unpaired) electrons. The molecule has 1 aromatic heterocycles. The molecule has 4 N–H and O–H groups in total. The molecule has 0 aliphatic rings. The van der Waals surface area contributed by atoms with E-state index in [1.807, 2.05) is 43.5 Å². The number of amides is 2. The third-order valence-corrected chi connectivity index (χ3v) is 3.66. The Hall–Kier alpha value is -2.34. The highest BCUT2D eigenvalue weighted by Crippen LogP contribution is 2.05. The van der Waals surface area contributed by atoms with E-state index in [0.717, 1.165) is 24.1 Å². The van der Waals surface area contributed by atoms with E-state index in [1.165, 1.54) is 5.56 Å². The Morgan fingerprint density at radius 1 is 1.30 bits per heavy atom. The molecule has 1 atom stereocenters. The standard InChI is InChI=1S/C17H24N4O2/c1-13-15(11-20-21-13)8-5-9-18-17(23)19-12-16(22)10-14-6-3-2-4-7-14/h2-4,6-7,11,16,22H,5,8-10,12H2,1H3,(H,20,21)(H2,18,19,23). The quantitative estimate of drug-likeness (QED) is 0.557. The summed E-state index contributed by atoms with van der Waals surface area (Å²) in [7, 11) is 0. The summed E-state index contributed by atoms with van der Waals surface area (Å²) in [6, 6.07) is 9.48. The first kappa shape index (κ1) is 17.0. The summed E-state index contributed by atoms with van der Waals surface area (Å²) in [6.07, 6.45) is 3.48. The second kappa shape index (κ2) is 8.95. The Balaban J connectivity index is 1.57. The Bertz CT molecular complexity index is 598. The topological polar surface area (TPSA) is 90.0 Å². The third kappa shape index (κ3) is 6.12. The number of hydrogen-bond acceptors (Lipinski definition) is 3. The SMILES string of the molecule is Cc1[nH]ncc1CCCNC(=O)NCC(O)Cc1ccccc1. The van der Waals surface area contributed by atoms with Crippen LogP contribution in [0.25, 0.3) is 0 Å². The van der Waals surface area contributed by atoms with Crippen molar-refractivity contribution in [2.24, 2.45) is 0 Å². The van der Waals surface area contributed by atoms with E-state index in [1.54, 1.807) is 0 Å². The Kier molecular flexibility index (Phi) is 6.62. The van der Waals surface area contributed by atoms with E-state index in [-0.39, 0.29) is 12.6 Å². The van der Waals surface area contributed by atoms with Crippen molar-refractivity contribution in [3.05, 3.63) is 53.3 Å². The van der Waals surface area contributed by atoms with E-state index in [2.05, 4.69) is 20.8 Å². The van der Waals surface area contributed by atoms with Crippen LogP contribution in [-0.2, 0) is 12.8 Å². The lowest BCUT2D eigenvalue weighted by Crippen LogP contribution is -2.40. The van der Waals surface area contributed by atoms with Crippen molar-refractivity contribution in [2.75, 3.05) is 13.1 Å². The molecule has 1 heterocycles. The smallest absolute Gasteiger partial charge is 0.314 e. The highest BCUT2D eigenvalue weighted by molar-refractivity contribution is 5.73. The van der Waals surface area contributed by atoms with E-state index in [0.29, 0.717) is 13.0 Å². The fourth-order valence-electron chi connectivity index (χ4n) is 2.34. The number of benzene rings is 1. The summed E-state index contributed by atoms with van der Waals surface area (Å²) in [6.45, 7) is 2.81. The molecule has 6 nitrogen and oxygen atoms in total. The number of hydrogen-bond donors (Lipinski definition) is 4. The molecule has 0 spiro atoms. The Labute approximate surface area is 136 Å². The van der Waals surface area contributed by atoms with Gasteiger partial charge in [0, 0.05) is 25.2 Å². The van der Waals surface area contributed by atoms with Gasteiger partial charge in [-0.1, -0.05) is 30.3 Å². The molecule has 2 rings (SSSR count). The molecule has 0 saturated heterocycles. The van der Waals surface area contributed by atoms with Gasteiger partial charge in [-0.05, 0) is 30.9 Å². The van der Waals surface area contributed by atoms with Crippen LogP contribution in [-0.4, -0.2) is 40.5 Å². The minimum atomic E-state index is -0.586. The summed E-state index contributed by atoms with van der Waals surface area (Å²) >= 11 is 0. The molecule has 0 fully saturated rings. The highest BCUT2D eigenvalue weighted by atomic mass is 16.3. The van der Waals surface area contributed by atoms with Crippen LogP contribution in [0.2, 0.25) is 0 Å². The first-order valence-electron chi connectivity index (χ1n) is 7.87. The summed E-state index contributed by atoms with van der Waals surface area (Å²) in [5.74, 6) is 0. The van der Waals surface area contributed by atoms with Gasteiger partial charge in [-0.25, -0.2) is 4.79 Å². The fraction of sp³-hybridized carbons (Fsp3) is 0.412. The van der Waals surface area contributed by atoms with Gasteiger partial charge in [0.15, 0.2) is 0 Å². The Morgan fingerprint density at radius 3 is 2.78 bits per heavy atom. The number of nitrogens with zero attached hydrogens (tertiary/aromatic N) is 1. The molecule has 2 amide bonds. The van der Waals surface area contributed by atoms with Crippen LogP contribution in [0.4, 0.5) is 4.79 Å². The monoisotopic (exact) mass is 316 g/mol. The number of carbonyl (C=O) groups is 1. The number of aryl methyl sites for hydroxylation is 2. The predicted molar refractivity (Wildman–Crippen MR) is 89.2 cm³/mol. The van der Waals surface area contributed by atoms with Crippen molar-refractivity contribution < 1.29 is 9.90 Å². The first-order chi connectivity index (χ1) is 11.1. The molecule has 6 heteroatoms. The molecule has 23 heavy (non-hydrogen) atoms. The maximum Gasteiger partial charge on any atom is 0.314 e. The van der Waals surface area contributed by atoms with Crippen molar-refractivity contribution in [1.82, 2.24) is 20.8 Å². The van der Waals surface area contributed by atoms with Crippen LogP contribution in [0.5, 0.6) is 0 Å². The van der Waals surface area contributed by atoms with Gasteiger partial charge in [0.05, 0.1) is 12.3 Å². The summed E-state index contributed by atoms with van der Waals surface area (Å²) in [5.41, 5.74) is 3.29. The van der Waals surface area contributed by atoms with Crippen molar-refractivity contribution in [3.63, 3.8) is 0 Å². The molecular formula is C17H24N4O2. The van der Waals surface area contributed by atoms with Crippen LogP contribution in [0.1, 0.15) is 23.2 Å². The normalized spacial score (nSPS) is 11.9. The summed E-state index contributed by atoms with van der Waals surface area (Å²) in [5, 5.41) is 22.3. The van der Waals surface area contributed by atoms with Gasteiger partial charge >= 0.3 is 6.03 Å². The number of aliphatic hydroxyl groups is 1. The van der Waals surface area contributed by atoms with Gasteiger partial charge in [0.25, 0.3) is 0 Å². The lowest BCUT2D eigenvalue weighted by atomic mass is 10.1. The zero-order valence-electron chi connectivity index (χ0n) is 13.4. The van der Waals surface area contributed by atoms with Gasteiger partial charge in [-0.15, -0.1) is 0 Å². The Morgan fingerprint density at radius 2 is 2.09 bits per heavy atom. The average molecular weight is 316 g/mol. The number of aromatic amines is 1. The number of urea groups is 1. The minimum Gasteiger partial charge on any atom is -0.391 e. The number of nitrogens with one attached hydrogen (secondary N) is 3. The van der Waals surface area contributed by atoms with E-state index < -0.39 is 6.10 Å². The van der Waals surface area contributed by atoms with Crippen molar-refractivity contribution in [2.45, 2.75) is 32.3 Å². The third-order valence-electron chi connectivity index (χ3n) is 3.66. The average Bonchev–Trinajstić information content (AvgIpc) is 2.96.